The summed E-state index contributed by atoms with van der Waals surface area (Å²) in [5, 5.41) is 8.72. The van der Waals surface area contributed by atoms with Crippen molar-refractivity contribution in [3.63, 3.8) is 0 Å². The first-order chi connectivity index (χ1) is 9.74. The van der Waals surface area contributed by atoms with E-state index in [0.717, 1.165) is 30.2 Å². The molecule has 0 aliphatic carbocycles. The predicted octanol–water partition coefficient (Wildman–Crippen LogP) is 1.21. The zero-order chi connectivity index (χ0) is 14.1. The van der Waals surface area contributed by atoms with E-state index in [1.165, 1.54) is 26.2 Å². The molecular weight excluding hydrogens is 274 g/mol. The van der Waals surface area contributed by atoms with Gasteiger partial charge in [0, 0.05) is 45.3 Å². The van der Waals surface area contributed by atoms with Gasteiger partial charge in [0.1, 0.15) is 0 Å². The van der Waals surface area contributed by atoms with Crippen LogP contribution in [-0.2, 0) is 6.54 Å². The minimum absolute atomic E-state index is 0.250. The zero-order valence-corrected chi connectivity index (χ0v) is 13.1. The van der Waals surface area contributed by atoms with Crippen LogP contribution in [0, 0.1) is 0 Å². The molecule has 4 rings (SSSR count). The SMILES string of the molecule is CCCn1ncc(Cl)c1C(NC)C1CN2CCN1CC2. The maximum absolute atomic E-state index is 6.42. The number of fused-ring (bicyclic) bond motifs is 3. The average Bonchev–Trinajstić information content (AvgIpc) is 2.84. The van der Waals surface area contributed by atoms with Gasteiger partial charge in [-0.25, -0.2) is 0 Å². The van der Waals surface area contributed by atoms with Gasteiger partial charge >= 0.3 is 0 Å². The molecule has 3 aliphatic heterocycles. The first-order valence-corrected chi connectivity index (χ1v) is 7.97. The first-order valence-electron chi connectivity index (χ1n) is 7.59. The van der Waals surface area contributed by atoms with E-state index in [9.17, 15) is 0 Å². The number of nitrogens with zero attached hydrogens (tertiary/aromatic N) is 4. The van der Waals surface area contributed by atoms with Crippen LogP contribution in [0.4, 0.5) is 0 Å². The smallest absolute Gasteiger partial charge is 0.0834 e. The summed E-state index contributed by atoms with van der Waals surface area (Å²) in [5.41, 5.74) is 1.15. The number of halogens is 1. The second-order valence-corrected chi connectivity index (χ2v) is 6.18. The van der Waals surface area contributed by atoms with Crippen molar-refractivity contribution < 1.29 is 0 Å². The van der Waals surface area contributed by atoms with Crippen LogP contribution in [0.15, 0.2) is 6.20 Å². The number of hydrogen-bond acceptors (Lipinski definition) is 4. The summed E-state index contributed by atoms with van der Waals surface area (Å²) in [5.74, 6) is 0. The van der Waals surface area contributed by atoms with Crippen LogP contribution in [0.2, 0.25) is 5.02 Å². The third-order valence-corrected chi connectivity index (χ3v) is 4.87. The maximum Gasteiger partial charge on any atom is 0.0834 e. The normalized spacial score (nSPS) is 30.6. The van der Waals surface area contributed by atoms with Crippen LogP contribution in [0.25, 0.3) is 0 Å². The van der Waals surface area contributed by atoms with E-state index < -0.39 is 0 Å². The summed E-state index contributed by atoms with van der Waals surface area (Å²) in [7, 11) is 2.03. The van der Waals surface area contributed by atoms with Crippen molar-refractivity contribution >= 4 is 11.6 Å². The van der Waals surface area contributed by atoms with Gasteiger partial charge in [-0.1, -0.05) is 18.5 Å². The third-order valence-electron chi connectivity index (χ3n) is 4.58. The monoisotopic (exact) mass is 297 g/mol. The highest BCUT2D eigenvalue weighted by atomic mass is 35.5. The Morgan fingerprint density at radius 1 is 1.40 bits per heavy atom. The quantitative estimate of drug-likeness (QED) is 0.886. The van der Waals surface area contributed by atoms with Crippen molar-refractivity contribution in [2.24, 2.45) is 0 Å². The van der Waals surface area contributed by atoms with Crippen LogP contribution in [0.3, 0.4) is 0 Å². The summed E-state index contributed by atoms with van der Waals surface area (Å²) in [6.07, 6.45) is 2.86. The molecule has 2 bridgehead atoms. The summed E-state index contributed by atoms with van der Waals surface area (Å²) in [6.45, 7) is 8.97. The highest BCUT2D eigenvalue weighted by Crippen LogP contribution is 2.31. The Morgan fingerprint density at radius 2 is 2.15 bits per heavy atom. The Morgan fingerprint density at radius 3 is 2.70 bits per heavy atom. The van der Waals surface area contributed by atoms with Crippen LogP contribution < -0.4 is 5.32 Å². The van der Waals surface area contributed by atoms with E-state index in [1.807, 2.05) is 7.05 Å². The molecule has 2 atom stereocenters. The topological polar surface area (TPSA) is 36.3 Å². The van der Waals surface area contributed by atoms with Gasteiger partial charge < -0.3 is 5.32 Å². The standard InChI is InChI=1S/C14H24ClN5/c1-3-4-20-14(11(15)9-17-20)13(16-2)12-10-18-5-7-19(12)8-6-18/h9,12-13,16H,3-8,10H2,1-2H3. The fraction of sp³-hybridized carbons (Fsp3) is 0.786. The Bertz CT molecular complexity index is 452. The third kappa shape index (κ3) is 2.48. The van der Waals surface area contributed by atoms with Crippen molar-refractivity contribution in [3.05, 3.63) is 16.9 Å². The van der Waals surface area contributed by atoms with Crippen LogP contribution in [0.5, 0.6) is 0 Å². The molecule has 5 nitrogen and oxygen atoms in total. The maximum atomic E-state index is 6.42. The molecule has 20 heavy (non-hydrogen) atoms. The van der Waals surface area contributed by atoms with Gasteiger partial charge in [0.15, 0.2) is 0 Å². The van der Waals surface area contributed by atoms with Crippen molar-refractivity contribution in [1.82, 2.24) is 24.9 Å². The number of piperazine rings is 3. The molecule has 6 heteroatoms. The van der Waals surface area contributed by atoms with Crippen molar-refractivity contribution in [2.75, 3.05) is 39.8 Å². The fourth-order valence-electron chi connectivity index (χ4n) is 3.56. The van der Waals surface area contributed by atoms with Crippen LogP contribution in [-0.4, -0.2) is 65.4 Å². The van der Waals surface area contributed by atoms with E-state index in [0.29, 0.717) is 6.04 Å². The molecular formula is C14H24ClN5. The van der Waals surface area contributed by atoms with E-state index >= 15 is 0 Å². The number of aromatic nitrogens is 2. The molecule has 2 unspecified atom stereocenters. The van der Waals surface area contributed by atoms with E-state index in [2.05, 4.69) is 31.8 Å². The Balaban J connectivity index is 1.88. The molecule has 1 N–H and O–H groups in total. The summed E-state index contributed by atoms with van der Waals surface area (Å²) in [6, 6.07) is 0.743. The Labute approximate surface area is 125 Å². The number of hydrogen-bond donors (Lipinski definition) is 1. The summed E-state index contributed by atoms with van der Waals surface area (Å²) >= 11 is 6.42. The molecule has 0 spiro atoms. The lowest BCUT2D eigenvalue weighted by Gasteiger charge is -2.50. The van der Waals surface area contributed by atoms with Gasteiger partial charge in [-0.15, -0.1) is 0 Å². The summed E-state index contributed by atoms with van der Waals surface area (Å²) < 4.78 is 2.07. The van der Waals surface area contributed by atoms with Gasteiger partial charge in [0.25, 0.3) is 0 Å². The molecule has 0 radical (unpaired) electrons. The molecule has 3 saturated heterocycles. The average molecular weight is 298 g/mol. The van der Waals surface area contributed by atoms with Gasteiger partial charge in [-0.2, -0.15) is 5.10 Å². The number of nitrogens with one attached hydrogen (secondary N) is 1. The lowest BCUT2D eigenvalue weighted by Crippen LogP contribution is -2.63. The largest absolute Gasteiger partial charge is 0.310 e. The fourth-order valence-corrected chi connectivity index (χ4v) is 3.81. The lowest BCUT2D eigenvalue weighted by atomic mass is 9.97. The minimum Gasteiger partial charge on any atom is -0.310 e. The van der Waals surface area contributed by atoms with E-state index in [-0.39, 0.29) is 6.04 Å². The van der Waals surface area contributed by atoms with E-state index in [1.54, 1.807) is 6.20 Å². The molecule has 1 aromatic heterocycles. The van der Waals surface area contributed by atoms with Crippen molar-refractivity contribution in [1.29, 1.82) is 0 Å². The molecule has 4 heterocycles. The van der Waals surface area contributed by atoms with E-state index in [4.69, 9.17) is 11.6 Å². The van der Waals surface area contributed by atoms with Gasteiger partial charge in [0.05, 0.1) is 23.0 Å². The number of aryl methyl sites for hydroxylation is 1. The molecule has 3 fully saturated rings. The lowest BCUT2D eigenvalue weighted by molar-refractivity contribution is -0.00382. The van der Waals surface area contributed by atoms with Gasteiger partial charge in [-0.3, -0.25) is 14.5 Å². The Kier molecular flexibility index (Phi) is 4.31. The molecule has 0 amide bonds. The predicted molar refractivity (Wildman–Crippen MR) is 81.1 cm³/mol. The van der Waals surface area contributed by atoms with Crippen molar-refractivity contribution in [2.45, 2.75) is 32.0 Å². The molecule has 1 aromatic rings. The summed E-state index contributed by atoms with van der Waals surface area (Å²) in [4.78, 5) is 5.16. The second kappa shape index (κ2) is 6.02. The number of likely N-dealkylation sites (N-methyl/N-ethyl adjacent to an activating group) is 1. The number of rotatable bonds is 5. The first kappa shape index (κ1) is 14.3. The molecule has 3 aliphatic rings. The Hall–Kier alpha value is -0.620. The van der Waals surface area contributed by atoms with Crippen LogP contribution >= 0.6 is 11.6 Å². The molecule has 0 aromatic carbocycles. The van der Waals surface area contributed by atoms with Gasteiger partial charge in [-0.05, 0) is 13.5 Å². The molecule has 0 saturated carbocycles. The highest BCUT2D eigenvalue weighted by Gasteiger charge is 2.38. The second-order valence-electron chi connectivity index (χ2n) is 5.77. The minimum atomic E-state index is 0.250. The van der Waals surface area contributed by atoms with Gasteiger partial charge in [0.2, 0.25) is 0 Å². The molecule has 112 valence electrons. The van der Waals surface area contributed by atoms with Crippen molar-refractivity contribution in [3.8, 4) is 0 Å². The zero-order valence-electron chi connectivity index (χ0n) is 12.3. The highest BCUT2D eigenvalue weighted by molar-refractivity contribution is 6.31. The van der Waals surface area contributed by atoms with Crippen LogP contribution in [0.1, 0.15) is 25.1 Å².